The maximum absolute atomic E-state index is 13.0. The number of hydrogen-bond acceptors (Lipinski definition) is 4. The second-order valence-corrected chi connectivity index (χ2v) is 5.76. The maximum atomic E-state index is 13.0. The van der Waals surface area contributed by atoms with E-state index in [4.69, 9.17) is 11.6 Å². The molecule has 0 N–H and O–H groups in total. The van der Waals surface area contributed by atoms with Gasteiger partial charge in [-0.3, -0.25) is 0 Å². The zero-order chi connectivity index (χ0) is 19.8. The quantitative estimate of drug-likeness (QED) is 0.606. The fraction of sp³-hybridized carbons (Fsp3) is 0.200. The van der Waals surface area contributed by atoms with Crippen molar-refractivity contribution in [3.05, 3.63) is 64.7 Å². The lowest BCUT2D eigenvalue weighted by Crippen LogP contribution is -2.11. The van der Waals surface area contributed by atoms with Crippen molar-refractivity contribution in [3.63, 3.8) is 0 Å². The minimum atomic E-state index is -4.74. The van der Waals surface area contributed by atoms with Crippen LogP contribution < -0.4 is 0 Å². The van der Waals surface area contributed by atoms with Crippen molar-refractivity contribution in [2.75, 3.05) is 0 Å². The summed E-state index contributed by atoms with van der Waals surface area (Å²) in [5, 5.41) is 3.69. The summed E-state index contributed by atoms with van der Waals surface area (Å²) in [7, 11) is 0. The highest BCUT2D eigenvalue weighted by molar-refractivity contribution is 6.30. The van der Waals surface area contributed by atoms with Gasteiger partial charge >= 0.3 is 12.4 Å². The Balaban J connectivity index is 2.02. The topological polar surface area (TPSA) is 56.5 Å². The summed E-state index contributed by atoms with van der Waals surface area (Å²) in [5.74, 6) is 0.161. The molecule has 0 saturated heterocycles. The molecule has 3 rings (SSSR count). The largest absolute Gasteiger partial charge is 0.435 e. The lowest BCUT2D eigenvalue weighted by molar-refractivity contribution is -0.141. The molecule has 27 heavy (non-hydrogen) atoms. The van der Waals surface area contributed by atoms with Gasteiger partial charge in [0.15, 0.2) is 5.69 Å². The van der Waals surface area contributed by atoms with Gasteiger partial charge in [0.1, 0.15) is 11.5 Å². The second kappa shape index (κ2) is 6.80. The Morgan fingerprint density at radius 2 is 1.48 bits per heavy atom. The normalized spacial score (nSPS) is 12.4. The molecular formula is C15H8ClF6N5. The highest BCUT2D eigenvalue weighted by Gasteiger charge is 2.36. The molecule has 3 aromatic heterocycles. The maximum Gasteiger partial charge on any atom is 0.435 e. The van der Waals surface area contributed by atoms with E-state index in [2.05, 4.69) is 20.1 Å². The van der Waals surface area contributed by atoms with Gasteiger partial charge in [-0.25, -0.2) is 19.6 Å². The SMILES string of the molecule is FC(F)(F)c1ccc(-n2nc(C(F)(F)F)cc2Cc2ncc(Cl)cn2)cn1. The van der Waals surface area contributed by atoms with Crippen molar-refractivity contribution < 1.29 is 26.3 Å². The van der Waals surface area contributed by atoms with E-state index in [0.29, 0.717) is 6.07 Å². The smallest absolute Gasteiger partial charge is 0.250 e. The average Bonchev–Trinajstić information content (AvgIpc) is 3.00. The van der Waals surface area contributed by atoms with E-state index in [-0.39, 0.29) is 28.6 Å². The van der Waals surface area contributed by atoms with Crippen molar-refractivity contribution in [3.8, 4) is 5.69 Å². The van der Waals surface area contributed by atoms with Crippen LogP contribution in [0.5, 0.6) is 0 Å². The molecule has 0 unspecified atom stereocenters. The molecule has 3 aromatic rings. The first-order valence-corrected chi connectivity index (χ1v) is 7.58. The third-order valence-corrected chi connectivity index (χ3v) is 3.56. The van der Waals surface area contributed by atoms with Gasteiger partial charge in [-0.05, 0) is 18.2 Å². The predicted octanol–water partition coefficient (Wildman–Crippen LogP) is 4.34. The van der Waals surface area contributed by atoms with Gasteiger partial charge < -0.3 is 0 Å². The first kappa shape index (κ1) is 19.1. The number of pyridine rings is 1. The Labute approximate surface area is 152 Å². The standard InChI is InChI=1S/C15H8ClF6N5/c16-8-5-24-13(25-6-8)4-10-3-12(15(20,21)22)26-27(10)9-1-2-11(23-7-9)14(17,18)19/h1-3,5-7H,4H2. The first-order valence-electron chi connectivity index (χ1n) is 7.20. The van der Waals surface area contributed by atoms with Gasteiger partial charge in [0.05, 0.1) is 29.0 Å². The van der Waals surface area contributed by atoms with Gasteiger partial charge in [0.25, 0.3) is 0 Å². The van der Waals surface area contributed by atoms with E-state index in [1.165, 1.54) is 12.4 Å². The van der Waals surface area contributed by atoms with Crippen molar-refractivity contribution >= 4 is 11.6 Å². The van der Waals surface area contributed by atoms with Crippen LogP contribution >= 0.6 is 11.6 Å². The van der Waals surface area contributed by atoms with Crippen molar-refractivity contribution in [1.29, 1.82) is 0 Å². The Morgan fingerprint density at radius 1 is 0.852 bits per heavy atom. The monoisotopic (exact) mass is 407 g/mol. The van der Waals surface area contributed by atoms with E-state index in [1.54, 1.807) is 0 Å². The molecule has 0 aromatic carbocycles. The van der Waals surface area contributed by atoms with Crippen LogP contribution in [0.2, 0.25) is 5.02 Å². The first-order chi connectivity index (χ1) is 12.5. The summed E-state index contributed by atoms with van der Waals surface area (Å²) in [6.07, 6.45) is -6.21. The molecule has 142 valence electrons. The lowest BCUT2D eigenvalue weighted by atomic mass is 10.2. The van der Waals surface area contributed by atoms with Crippen LogP contribution in [0.4, 0.5) is 26.3 Å². The van der Waals surface area contributed by atoms with Gasteiger partial charge in [-0.15, -0.1) is 0 Å². The minimum Gasteiger partial charge on any atom is -0.250 e. The van der Waals surface area contributed by atoms with Crippen molar-refractivity contribution in [1.82, 2.24) is 24.7 Å². The fourth-order valence-electron chi connectivity index (χ4n) is 2.18. The van der Waals surface area contributed by atoms with E-state index in [9.17, 15) is 26.3 Å². The van der Waals surface area contributed by atoms with E-state index in [0.717, 1.165) is 23.0 Å². The Bertz CT molecular complexity index is 931. The van der Waals surface area contributed by atoms with E-state index < -0.39 is 23.7 Å². The zero-order valence-electron chi connectivity index (χ0n) is 13.1. The summed E-state index contributed by atoms with van der Waals surface area (Å²) >= 11 is 5.67. The number of hydrogen-bond donors (Lipinski definition) is 0. The summed E-state index contributed by atoms with van der Waals surface area (Å²) in [6, 6.07) is 2.41. The van der Waals surface area contributed by atoms with Gasteiger partial charge in [-0.2, -0.15) is 31.4 Å². The summed E-state index contributed by atoms with van der Waals surface area (Å²) < 4.78 is 77.8. The molecule has 3 heterocycles. The number of nitrogens with zero attached hydrogens (tertiary/aromatic N) is 5. The third kappa shape index (κ3) is 4.35. The van der Waals surface area contributed by atoms with Crippen LogP contribution in [0.1, 0.15) is 22.9 Å². The fourth-order valence-corrected chi connectivity index (χ4v) is 2.28. The summed E-state index contributed by atoms with van der Waals surface area (Å²) in [6.45, 7) is 0. The zero-order valence-corrected chi connectivity index (χ0v) is 13.8. The lowest BCUT2D eigenvalue weighted by Gasteiger charge is -2.09. The Kier molecular flexibility index (Phi) is 4.81. The van der Waals surface area contributed by atoms with Gasteiger partial charge in [-0.1, -0.05) is 11.6 Å². The molecule has 5 nitrogen and oxygen atoms in total. The molecule has 0 saturated carbocycles. The average molecular weight is 408 g/mol. The van der Waals surface area contributed by atoms with Crippen LogP contribution in [0.15, 0.2) is 36.8 Å². The van der Waals surface area contributed by atoms with Crippen LogP contribution in [0.25, 0.3) is 5.69 Å². The molecule has 0 radical (unpaired) electrons. The summed E-state index contributed by atoms with van der Waals surface area (Å²) in [5.41, 5.74) is -2.42. The van der Waals surface area contributed by atoms with E-state index >= 15 is 0 Å². The van der Waals surface area contributed by atoms with Gasteiger partial charge in [0.2, 0.25) is 0 Å². The second-order valence-electron chi connectivity index (χ2n) is 5.32. The Morgan fingerprint density at radius 3 is 2.00 bits per heavy atom. The van der Waals surface area contributed by atoms with Gasteiger partial charge in [0, 0.05) is 12.4 Å². The number of rotatable bonds is 3. The van der Waals surface area contributed by atoms with Crippen molar-refractivity contribution in [2.45, 2.75) is 18.8 Å². The molecular weight excluding hydrogens is 400 g/mol. The molecule has 0 amide bonds. The Hall–Kier alpha value is -2.69. The molecule has 0 aliphatic heterocycles. The van der Waals surface area contributed by atoms with Crippen LogP contribution in [-0.2, 0) is 18.8 Å². The molecule has 0 atom stereocenters. The number of alkyl halides is 6. The molecule has 0 bridgehead atoms. The van der Waals surface area contributed by atoms with E-state index in [1.807, 2.05) is 0 Å². The van der Waals surface area contributed by atoms with Crippen LogP contribution in [0.3, 0.4) is 0 Å². The highest BCUT2D eigenvalue weighted by Crippen LogP contribution is 2.31. The number of aromatic nitrogens is 5. The third-order valence-electron chi connectivity index (χ3n) is 3.37. The molecule has 0 spiro atoms. The highest BCUT2D eigenvalue weighted by atomic mass is 35.5. The molecule has 12 heteroatoms. The van der Waals surface area contributed by atoms with Crippen LogP contribution in [-0.4, -0.2) is 24.7 Å². The van der Waals surface area contributed by atoms with Crippen molar-refractivity contribution in [2.24, 2.45) is 0 Å². The van der Waals surface area contributed by atoms with Crippen LogP contribution in [0, 0.1) is 0 Å². The molecule has 0 fully saturated rings. The number of halogens is 7. The molecule has 0 aliphatic rings. The molecule has 0 aliphatic carbocycles. The minimum absolute atomic E-state index is 0.0196. The summed E-state index contributed by atoms with van der Waals surface area (Å²) in [4.78, 5) is 11.0. The predicted molar refractivity (Wildman–Crippen MR) is 81.2 cm³/mol.